The maximum absolute atomic E-state index is 11.8. The van der Waals surface area contributed by atoms with Crippen molar-refractivity contribution in [3.05, 3.63) is 48.2 Å². The minimum Gasteiger partial charge on any atom is -0.490 e. The molecule has 33 heavy (non-hydrogen) atoms. The molecular formula is C23H32IN5O4. The Bertz CT molecular complexity index is 902. The number of nitrogens with zero attached hydrogens (tertiary/aromatic N) is 3. The number of carbonyl (C=O) groups is 1. The van der Waals surface area contributed by atoms with Gasteiger partial charge < -0.3 is 30.2 Å². The van der Waals surface area contributed by atoms with Gasteiger partial charge in [-0.2, -0.15) is 0 Å². The maximum Gasteiger partial charge on any atom is 0.409 e. The standard InChI is InChI=1S/C23H31N5O4.HI/c1-3-30-19-7-5-6-8-20(19)32-21-10-9-17(15-25-21)16-26-22(24)27-18-11-13-28(14-12-18)23(29)31-4-2;/h5-10,15,18H,3-4,11-14,16H2,1-2H3,(H3,24,26,27);1H. The van der Waals surface area contributed by atoms with Crippen LogP contribution in [0.4, 0.5) is 4.79 Å². The molecule has 3 rings (SSSR count). The molecule has 10 heteroatoms. The number of hydrogen-bond donors (Lipinski definition) is 2. The number of piperidine rings is 1. The highest BCUT2D eigenvalue weighted by molar-refractivity contribution is 14.0. The molecule has 0 saturated carbocycles. The van der Waals surface area contributed by atoms with E-state index in [1.807, 2.05) is 37.3 Å². The second kappa shape index (κ2) is 13.7. The molecule has 180 valence electrons. The molecule has 3 N–H and O–H groups in total. The molecule has 2 aromatic rings. The summed E-state index contributed by atoms with van der Waals surface area (Å²) in [7, 11) is 0. The third kappa shape index (κ3) is 8.26. The van der Waals surface area contributed by atoms with E-state index in [1.54, 1.807) is 24.1 Å². The van der Waals surface area contributed by atoms with Crippen LogP contribution in [0, 0.1) is 0 Å². The first-order valence-electron chi connectivity index (χ1n) is 10.9. The molecule has 1 aromatic carbocycles. The molecule has 0 bridgehead atoms. The minimum atomic E-state index is -0.256. The van der Waals surface area contributed by atoms with E-state index in [2.05, 4.69) is 15.3 Å². The van der Waals surface area contributed by atoms with E-state index in [4.69, 9.17) is 19.9 Å². The zero-order valence-electron chi connectivity index (χ0n) is 19.0. The Balaban J connectivity index is 0.00000385. The molecule has 0 spiro atoms. The van der Waals surface area contributed by atoms with E-state index in [9.17, 15) is 4.79 Å². The lowest BCUT2D eigenvalue weighted by Gasteiger charge is -2.31. The normalized spacial score (nSPS) is 14.2. The zero-order valence-corrected chi connectivity index (χ0v) is 21.4. The number of likely N-dealkylation sites (tertiary alicyclic amines) is 1. The fourth-order valence-electron chi connectivity index (χ4n) is 3.34. The molecule has 0 unspecified atom stereocenters. The second-order valence-corrected chi connectivity index (χ2v) is 7.29. The van der Waals surface area contributed by atoms with Gasteiger partial charge in [-0.25, -0.2) is 14.8 Å². The Labute approximate surface area is 211 Å². The third-order valence-corrected chi connectivity index (χ3v) is 4.97. The van der Waals surface area contributed by atoms with E-state index >= 15 is 0 Å². The summed E-state index contributed by atoms with van der Waals surface area (Å²) in [5.74, 6) is 2.15. The minimum absolute atomic E-state index is 0. The summed E-state index contributed by atoms with van der Waals surface area (Å²) in [6, 6.07) is 11.4. The predicted molar refractivity (Wildman–Crippen MR) is 137 cm³/mol. The van der Waals surface area contributed by atoms with Gasteiger partial charge in [-0.15, -0.1) is 24.0 Å². The number of aliphatic imine (C=N–C) groups is 1. The van der Waals surface area contributed by atoms with Gasteiger partial charge in [0.2, 0.25) is 5.88 Å². The van der Waals surface area contributed by atoms with Crippen LogP contribution in [0.15, 0.2) is 47.6 Å². The number of nitrogens with two attached hydrogens (primary N) is 1. The highest BCUT2D eigenvalue weighted by Crippen LogP contribution is 2.30. The molecule has 1 amide bonds. The molecule has 1 fully saturated rings. The second-order valence-electron chi connectivity index (χ2n) is 7.29. The van der Waals surface area contributed by atoms with Crippen LogP contribution >= 0.6 is 24.0 Å². The Morgan fingerprint density at radius 3 is 2.52 bits per heavy atom. The molecule has 0 atom stereocenters. The third-order valence-electron chi connectivity index (χ3n) is 4.97. The molecule has 0 radical (unpaired) electrons. The van der Waals surface area contributed by atoms with Crippen LogP contribution < -0.4 is 20.5 Å². The van der Waals surface area contributed by atoms with Gasteiger partial charge in [0.1, 0.15) is 0 Å². The number of hydrogen-bond acceptors (Lipinski definition) is 6. The number of amides is 1. The molecule has 9 nitrogen and oxygen atoms in total. The monoisotopic (exact) mass is 569 g/mol. The van der Waals surface area contributed by atoms with Crippen molar-refractivity contribution in [2.24, 2.45) is 10.7 Å². The van der Waals surface area contributed by atoms with Crippen LogP contribution in [-0.4, -0.2) is 54.3 Å². The number of aromatic nitrogens is 1. The molecular weight excluding hydrogens is 537 g/mol. The number of ether oxygens (including phenoxy) is 3. The van der Waals surface area contributed by atoms with Crippen LogP contribution in [0.1, 0.15) is 32.3 Å². The highest BCUT2D eigenvalue weighted by Gasteiger charge is 2.23. The lowest BCUT2D eigenvalue weighted by Crippen LogP contribution is -2.48. The van der Waals surface area contributed by atoms with Gasteiger partial charge in [0.05, 0.1) is 19.8 Å². The van der Waals surface area contributed by atoms with E-state index in [1.165, 1.54) is 0 Å². The summed E-state index contributed by atoms with van der Waals surface area (Å²) in [4.78, 5) is 22.2. The van der Waals surface area contributed by atoms with Crippen LogP contribution in [-0.2, 0) is 11.3 Å². The number of rotatable bonds is 8. The van der Waals surface area contributed by atoms with Gasteiger partial charge in [0.25, 0.3) is 0 Å². The van der Waals surface area contributed by atoms with Crippen molar-refractivity contribution in [1.82, 2.24) is 15.2 Å². The van der Waals surface area contributed by atoms with Crippen molar-refractivity contribution < 1.29 is 19.0 Å². The largest absolute Gasteiger partial charge is 0.490 e. The average molecular weight is 569 g/mol. The van der Waals surface area contributed by atoms with Gasteiger partial charge in [0.15, 0.2) is 17.5 Å². The van der Waals surface area contributed by atoms with Crippen LogP contribution in [0.25, 0.3) is 0 Å². The van der Waals surface area contributed by atoms with Crippen molar-refractivity contribution in [1.29, 1.82) is 0 Å². The Morgan fingerprint density at radius 1 is 1.15 bits per heavy atom. The van der Waals surface area contributed by atoms with E-state index in [0.29, 0.717) is 56.2 Å². The number of para-hydroxylation sites is 2. The number of guanidine groups is 1. The van der Waals surface area contributed by atoms with Crippen molar-refractivity contribution in [3.63, 3.8) is 0 Å². The smallest absolute Gasteiger partial charge is 0.409 e. The summed E-state index contributed by atoms with van der Waals surface area (Å²) >= 11 is 0. The number of nitrogens with one attached hydrogen (secondary N) is 1. The van der Waals surface area contributed by atoms with Crippen molar-refractivity contribution in [2.75, 3.05) is 26.3 Å². The van der Waals surface area contributed by atoms with Crippen molar-refractivity contribution >= 4 is 36.0 Å². The quantitative estimate of drug-likeness (QED) is 0.282. The van der Waals surface area contributed by atoms with Gasteiger partial charge >= 0.3 is 6.09 Å². The van der Waals surface area contributed by atoms with Crippen molar-refractivity contribution in [2.45, 2.75) is 39.3 Å². The predicted octanol–water partition coefficient (Wildman–Crippen LogP) is 3.92. The first-order valence-corrected chi connectivity index (χ1v) is 10.9. The fraction of sp³-hybridized carbons (Fsp3) is 0.435. The van der Waals surface area contributed by atoms with Crippen LogP contribution in [0.2, 0.25) is 0 Å². The summed E-state index contributed by atoms with van der Waals surface area (Å²) in [5.41, 5.74) is 6.96. The SMILES string of the molecule is CCOC(=O)N1CCC(NC(N)=NCc2ccc(Oc3ccccc3OCC)nc2)CC1.I. The van der Waals surface area contributed by atoms with Gasteiger partial charge in [-0.05, 0) is 44.4 Å². The van der Waals surface area contributed by atoms with E-state index in [0.717, 1.165) is 18.4 Å². The number of carbonyl (C=O) groups excluding carboxylic acids is 1. The summed E-state index contributed by atoms with van der Waals surface area (Å²) in [5, 5.41) is 3.23. The zero-order chi connectivity index (χ0) is 22.8. The average Bonchev–Trinajstić information content (AvgIpc) is 2.81. The van der Waals surface area contributed by atoms with E-state index in [-0.39, 0.29) is 36.1 Å². The van der Waals surface area contributed by atoms with Crippen LogP contribution in [0.3, 0.4) is 0 Å². The lowest BCUT2D eigenvalue weighted by atomic mass is 10.1. The lowest BCUT2D eigenvalue weighted by molar-refractivity contribution is 0.0963. The summed E-state index contributed by atoms with van der Waals surface area (Å²) in [6.45, 7) is 6.37. The number of benzene rings is 1. The Morgan fingerprint density at radius 2 is 1.88 bits per heavy atom. The molecule has 2 heterocycles. The number of halogens is 1. The van der Waals surface area contributed by atoms with Gasteiger partial charge in [-0.1, -0.05) is 18.2 Å². The van der Waals surface area contributed by atoms with Gasteiger partial charge in [-0.3, -0.25) is 0 Å². The maximum atomic E-state index is 11.8. The van der Waals surface area contributed by atoms with E-state index < -0.39 is 0 Å². The highest BCUT2D eigenvalue weighted by atomic mass is 127. The number of pyridine rings is 1. The molecule has 0 aliphatic carbocycles. The first kappa shape index (κ1) is 26.5. The fourth-order valence-corrected chi connectivity index (χ4v) is 3.34. The van der Waals surface area contributed by atoms with Crippen LogP contribution in [0.5, 0.6) is 17.4 Å². The molecule has 1 aliphatic rings. The Hall–Kier alpha value is -2.76. The van der Waals surface area contributed by atoms with Crippen molar-refractivity contribution in [3.8, 4) is 17.4 Å². The molecule has 1 aliphatic heterocycles. The Kier molecular flexibility index (Phi) is 11.0. The summed E-state index contributed by atoms with van der Waals surface area (Å²) < 4.78 is 16.5. The topological polar surface area (TPSA) is 111 Å². The summed E-state index contributed by atoms with van der Waals surface area (Å²) in [6.07, 6.45) is 3.05. The first-order chi connectivity index (χ1) is 15.6. The molecule has 1 saturated heterocycles. The van der Waals surface area contributed by atoms with Gasteiger partial charge in [0, 0.05) is 31.4 Å². The molecule has 1 aromatic heterocycles.